The van der Waals surface area contributed by atoms with Crippen molar-refractivity contribution in [2.24, 2.45) is 0 Å². The monoisotopic (exact) mass is 722 g/mol. The summed E-state index contributed by atoms with van der Waals surface area (Å²) in [5.41, 5.74) is 5.11. The van der Waals surface area contributed by atoms with Gasteiger partial charge in [-0.2, -0.15) is 0 Å². The molecular weight excluding hydrogens is 654 g/mol. The molecule has 0 aromatic heterocycles. The number of quaternary nitrogens is 2. The molecule has 2 aromatic carbocycles. The van der Waals surface area contributed by atoms with Crippen molar-refractivity contribution in [2.75, 3.05) is 107 Å². The summed E-state index contributed by atoms with van der Waals surface area (Å²) < 4.78 is 29.7. The Balaban J connectivity index is 0. The first-order chi connectivity index (χ1) is 22.8. The van der Waals surface area contributed by atoms with Gasteiger partial charge in [0.1, 0.15) is 13.1 Å². The molecule has 0 bridgehead atoms. The van der Waals surface area contributed by atoms with E-state index in [1.165, 1.54) is 32.3 Å². The van der Waals surface area contributed by atoms with Gasteiger partial charge >= 0.3 is 37.7 Å². The Bertz CT molecular complexity index is 939. The fourth-order valence-corrected chi connectivity index (χ4v) is 6.22. The van der Waals surface area contributed by atoms with Crippen LogP contribution in [0.1, 0.15) is 11.1 Å². The molecule has 2 aromatic rings. The molecule has 0 spiro atoms. The molecule has 50 heavy (non-hydrogen) atoms. The molecular formula is C36H68Li2N4O6Si2+2. The molecule has 10 nitrogen and oxygen atoms in total. The third-order valence-electron chi connectivity index (χ3n) is 6.22. The third-order valence-corrected chi connectivity index (χ3v) is 8.04. The zero-order chi connectivity index (χ0) is 35.7. The van der Waals surface area contributed by atoms with Gasteiger partial charge in [0.25, 0.3) is 0 Å². The Morgan fingerprint density at radius 2 is 0.660 bits per heavy atom. The van der Waals surface area contributed by atoms with Crippen LogP contribution in [0, 0.1) is 0 Å². The summed E-state index contributed by atoms with van der Waals surface area (Å²) in [6.07, 6.45) is 0. The van der Waals surface area contributed by atoms with Crippen molar-refractivity contribution >= 4 is 27.8 Å². The fraction of sp³-hybridized carbons (Fsp3) is 0.667. The second-order valence-corrected chi connectivity index (χ2v) is 23.4. The molecule has 0 aliphatic carbocycles. The maximum atomic E-state index is 4.94. The maximum Gasteiger partial charge on any atom is 1.00 e. The summed E-state index contributed by atoms with van der Waals surface area (Å²) >= 11 is 0. The van der Waals surface area contributed by atoms with Crippen molar-refractivity contribution in [1.29, 1.82) is 0 Å². The Hall–Kier alpha value is -0.651. The summed E-state index contributed by atoms with van der Waals surface area (Å²) in [5, 5.41) is 0. The second-order valence-electron chi connectivity index (χ2n) is 14.3. The summed E-state index contributed by atoms with van der Waals surface area (Å²) in [6.45, 7) is 25.0. The minimum absolute atomic E-state index is 0. The molecule has 3 aliphatic heterocycles. The van der Waals surface area contributed by atoms with E-state index in [0.29, 0.717) is 0 Å². The maximum absolute atomic E-state index is 4.94. The largest absolute Gasteiger partial charge is 1.00 e. The zero-order valence-corrected chi connectivity index (χ0v) is 35.9. The Kier molecular flexibility index (Phi) is 31.7. The molecule has 2 N–H and O–H groups in total. The third kappa shape index (κ3) is 30.9. The number of benzene rings is 2. The van der Waals surface area contributed by atoms with Crippen LogP contribution in [0.25, 0.3) is 9.96 Å². The summed E-state index contributed by atoms with van der Waals surface area (Å²) in [6, 6.07) is 17.0. The molecule has 3 fully saturated rings. The van der Waals surface area contributed by atoms with Crippen molar-refractivity contribution in [2.45, 2.75) is 52.4 Å². The Labute approximate surface area is 331 Å². The van der Waals surface area contributed by atoms with Crippen LogP contribution in [0.2, 0.25) is 39.3 Å². The molecule has 0 atom stereocenters. The molecule has 0 amide bonds. The van der Waals surface area contributed by atoms with Gasteiger partial charge in [0.15, 0.2) is 0 Å². The van der Waals surface area contributed by atoms with Crippen molar-refractivity contribution < 1.29 is 75.9 Å². The quantitative estimate of drug-likeness (QED) is 0.321. The van der Waals surface area contributed by atoms with Crippen LogP contribution in [-0.2, 0) is 41.5 Å². The molecule has 276 valence electrons. The van der Waals surface area contributed by atoms with Gasteiger partial charge in [-0.25, -0.2) is 0 Å². The molecule has 0 saturated carbocycles. The van der Waals surface area contributed by atoms with Gasteiger partial charge in [0.05, 0.1) is 107 Å². The van der Waals surface area contributed by atoms with E-state index in [-0.39, 0.29) is 37.7 Å². The molecule has 5 rings (SSSR count). The SMILES string of the molecule is C1COCCO1.C1COCCO1.C1COCCO1.C[NH+](C)Cc1ccccc1[N-][Si](C)(C)C.C[NH+](C)Cc1ccccc1[N-][Si](C)(C)C.[Li+].[Li+]. The predicted molar refractivity (Wildman–Crippen MR) is 204 cm³/mol. The van der Waals surface area contributed by atoms with Crippen molar-refractivity contribution in [3.8, 4) is 0 Å². The van der Waals surface area contributed by atoms with Crippen molar-refractivity contribution in [3.05, 3.63) is 69.6 Å². The molecule has 14 heteroatoms. The van der Waals surface area contributed by atoms with Crippen LogP contribution in [0.4, 0.5) is 11.4 Å². The smallest absolute Gasteiger partial charge is 0.687 e. The Morgan fingerprint density at radius 3 is 0.840 bits per heavy atom. The summed E-state index contributed by atoms with van der Waals surface area (Å²) in [4.78, 5) is 12.6. The first kappa shape index (κ1) is 51.5. The van der Waals surface area contributed by atoms with E-state index in [1.54, 1.807) is 0 Å². The minimum atomic E-state index is -1.36. The fourth-order valence-electron chi connectivity index (χ4n) is 4.34. The first-order valence-corrected chi connectivity index (χ1v) is 24.3. The van der Waals surface area contributed by atoms with Crippen LogP contribution in [0.5, 0.6) is 0 Å². The molecule has 3 heterocycles. The van der Waals surface area contributed by atoms with Crippen molar-refractivity contribution in [3.63, 3.8) is 0 Å². The van der Waals surface area contributed by atoms with Crippen LogP contribution >= 0.6 is 0 Å². The van der Waals surface area contributed by atoms with Gasteiger partial charge < -0.3 is 48.2 Å². The number of nitrogens with zero attached hydrogens (tertiary/aromatic N) is 2. The Morgan fingerprint density at radius 1 is 0.440 bits per heavy atom. The average Bonchev–Trinajstić information content (AvgIpc) is 3.05. The average molecular weight is 723 g/mol. The number of hydrogen-bond donors (Lipinski definition) is 2. The normalized spacial score (nSPS) is 15.8. The van der Waals surface area contributed by atoms with E-state index in [0.717, 1.165) is 92.4 Å². The number of rotatable bonds is 8. The van der Waals surface area contributed by atoms with Crippen molar-refractivity contribution in [1.82, 2.24) is 0 Å². The van der Waals surface area contributed by atoms with E-state index in [9.17, 15) is 0 Å². The second kappa shape index (κ2) is 30.8. The van der Waals surface area contributed by atoms with E-state index < -0.39 is 16.5 Å². The van der Waals surface area contributed by atoms with Crippen LogP contribution in [-0.4, -0.2) is 124 Å². The summed E-state index contributed by atoms with van der Waals surface area (Å²) in [5.74, 6) is 0. The standard InChI is InChI=1S/2C12H21N2Si.3C4H8O2.2Li/c2*1-14(2)10-11-8-6-7-9-12(11)13-15(3,4)5;3*1-2-6-4-3-5-1;;/h2*6-9H,10H2,1-5H3;3*1-4H2;;/q2*-1;;;;2*+1/p+2. The van der Waals surface area contributed by atoms with Gasteiger partial charge in [0.2, 0.25) is 0 Å². The number of nitrogens with one attached hydrogen (secondary N) is 2. The van der Waals surface area contributed by atoms with E-state index in [4.69, 9.17) is 38.4 Å². The molecule has 0 radical (unpaired) electrons. The number of ether oxygens (including phenoxy) is 6. The zero-order valence-electron chi connectivity index (χ0n) is 33.9. The first-order valence-electron chi connectivity index (χ1n) is 17.4. The van der Waals surface area contributed by atoms with Crippen LogP contribution in [0.15, 0.2) is 48.5 Å². The van der Waals surface area contributed by atoms with Gasteiger partial charge in [0, 0.05) is 0 Å². The topological polar surface area (TPSA) is 92.5 Å². The summed E-state index contributed by atoms with van der Waals surface area (Å²) in [7, 11) is 5.96. The number of hydrogen-bond acceptors (Lipinski definition) is 6. The predicted octanol–water partition coefficient (Wildman–Crippen LogP) is -1.55. The molecule has 0 unspecified atom stereocenters. The van der Waals surface area contributed by atoms with Gasteiger partial charge in [-0.1, -0.05) is 87.8 Å². The van der Waals surface area contributed by atoms with Gasteiger partial charge in [-0.15, -0.1) is 11.4 Å². The molecule has 3 saturated heterocycles. The van der Waals surface area contributed by atoms with E-state index in [2.05, 4.69) is 116 Å². The van der Waals surface area contributed by atoms with Crippen LogP contribution < -0.4 is 47.5 Å². The molecule has 3 aliphatic rings. The van der Waals surface area contributed by atoms with E-state index in [1.807, 2.05) is 0 Å². The van der Waals surface area contributed by atoms with Gasteiger partial charge in [-0.3, -0.25) is 0 Å². The van der Waals surface area contributed by atoms with Gasteiger partial charge in [-0.05, 0) is 27.6 Å². The van der Waals surface area contributed by atoms with Crippen LogP contribution in [0.3, 0.4) is 0 Å². The minimum Gasteiger partial charge on any atom is -0.687 e. The van der Waals surface area contributed by atoms with E-state index >= 15 is 0 Å².